The van der Waals surface area contributed by atoms with E-state index in [1.54, 1.807) is 6.08 Å². The van der Waals surface area contributed by atoms with Crippen LogP contribution >= 0.6 is 7.82 Å². The van der Waals surface area contributed by atoms with E-state index in [4.69, 9.17) is 9.05 Å². The number of amides is 1. The van der Waals surface area contributed by atoms with Crippen LogP contribution in [0.5, 0.6) is 0 Å². The summed E-state index contributed by atoms with van der Waals surface area (Å²) in [6.45, 7) is 4.56. The van der Waals surface area contributed by atoms with Crippen molar-refractivity contribution in [3.05, 3.63) is 85.1 Å². The summed E-state index contributed by atoms with van der Waals surface area (Å²) in [5.41, 5.74) is 0. The van der Waals surface area contributed by atoms with Crippen LogP contribution in [0.4, 0.5) is 0 Å². The Bertz CT molecular complexity index is 1090. The van der Waals surface area contributed by atoms with Gasteiger partial charge in [-0.15, -0.1) is 0 Å². The van der Waals surface area contributed by atoms with Gasteiger partial charge in [0.1, 0.15) is 13.2 Å². The Balaban J connectivity index is 4.63. The molecule has 8 nitrogen and oxygen atoms in total. The number of nitrogens with zero attached hydrogens (tertiary/aromatic N) is 1. The third-order valence-electron chi connectivity index (χ3n) is 7.63. The molecule has 0 spiro atoms. The maximum absolute atomic E-state index is 12.7. The fourth-order valence-corrected chi connectivity index (χ4v) is 5.33. The van der Waals surface area contributed by atoms with E-state index in [1.807, 2.05) is 39.4 Å². The lowest BCUT2D eigenvalue weighted by molar-refractivity contribution is -0.870. The molecular weight excluding hydrogens is 647 g/mol. The molecule has 0 bridgehead atoms. The third-order valence-corrected chi connectivity index (χ3v) is 8.62. The molecule has 0 aromatic rings. The van der Waals surface area contributed by atoms with Crippen LogP contribution in [-0.4, -0.2) is 73.4 Å². The fourth-order valence-electron chi connectivity index (χ4n) is 4.59. The van der Waals surface area contributed by atoms with E-state index in [-0.39, 0.29) is 25.5 Å². The molecule has 0 saturated heterocycles. The Morgan fingerprint density at radius 3 is 1.72 bits per heavy atom. The van der Waals surface area contributed by atoms with E-state index in [2.05, 4.69) is 79.9 Å². The first-order chi connectivity index (χ1) is 24.0. The number of aliphatic hydroxyl groups is 1. The van der Waals surface area contributed by atoms with Crippen LogP contribution in [0, 0.1) is 0 Å². The van der Waals surface area contributed by atoms with Gasteiger partial charge in [-0.3, -0.25) is 13.8 Å². The SMILES string of the molecule is CC/C=C\C/C=C\C/C=C\C/C=C\C/C=C\C/C=C\CCC(=O)NC(COP(=O)(O)OCC[N+](C)(C)C)C(O)/C=C/CCCCCCCCC. The van der Waals surface area contributed by atoms with Crippen LogP contribution in [0.1, 0.15) is 117 Å². The zero-order valence-corrected chi connectivity index (χ0v) is 33.0. The van der Waals surface area contributed by atoms with Crippen molar-refractivity contribution in [1.29, 1.82) is 0 Å². The highest BCUT2D eigenvalue weighted by Gasteiger charge is 2.27. The molecule has 0 heterocycles. The number of phosphoric acid groups is 1. The minimum absolute atomic E-state index is 0.0428. The zero-order valence-electron chi connectivity index (χ0n) is 32.1. The molecule has 286 valence electrons. The molecule has 0 fully saturated rings. The lowest BCUT2D eigenvalue weighted by Gasteiger charge is -2.25. The van der Waals surface area contributed by atoms with E-state index in [0.717, 1.165) is 57.8 Å². The van der Waals surface area contributed by atoms with Gasteiger partial charge in [0.25, 0.3) is 0 Å². The molecule has 0 aromatic heterocycles. The molecule has 0 saturated carbocycles. The minimum Gasteiger partial charge on any atom is -0.387 e. The molecular formula is C41H72N2O6P+. The van der Waals surface area contributed by atoms with Crippen molar-refractivity contribution in [2.45, 2.75) is 129 Å². The predicted molar refractivity (Wildman–Crippen MR) is 212 cm³/mol. The quantitative estimate of drug-likeness (QED) is 0.0277. The van der Waals surface area contributed by atoms with Gasteiger partial charge in [0.15, 0.2) is 0 Å². The van der Waals surface area contributed by atoms with Crippen molar-refractivity contribution in [2.75, 3.05) is 40.9 Å². The van der Waals surface area contributed by atoms with Crippen LogP contribution in [-0.2, 0) is 18.4 Å². The minimum atomic E-state index is -4.35. The van der Waals surface area contributed by atoms with E-state index in [1.165, 1.54) is 32.1 Å². The summed E-state index contributed by atoms with van der Waals surface area (Å²) in [7, 11) is 1.50. The predicted octanol–water partition coefficient (Wildman–Crippen LogP) is 9.85. The Morgan fingerprint density at radius 1 is 0.700 bits per heavy atom. The number of phosphoric ester groups is 1. The van der Waals surface area contributed by atoms with E-state index >= 15 is 0 Å². The zero-order chi connectivity index (χ0) is 37.2. The van der Waals surface area contributed by atoms with Crippen molar-refractivity contribution < 1.29 is 32.9 Å². The highest BCUT2D eigenvalue weighted by Crippen LogP contribution is 2.43. The number of quaternary nitrogens is 1. The first-order valence-corrected chi connectivity index (χ1v) is 20.5. The average molecular weight is 720 g/mol. The van der Waals surface area contributed by atoms with Gasteiger partial charge < -0.3 is 19.8 Å². The maximum Gasteiger partial charge on any atom is 0.472 e. The van der Waals surface area contributed by atoms with Gasteiger partial charge in [0.05, 0.1) is 39.9 Å². The van der Waals surface area contributed by atoms with Crippen LogP contribution in [0.2, 0.25) is 0 Å². The van der Waals surface area contributed by atoms with Crippen LogP contribution in [0.15, 0.2) is 85.1 Å². The number of aliphatic hydroxyl groups excluding tert-OH is 1. The number of carbonyl (C=O) groups is 1. The van der Waals surface area contributed by atoms with Crippen LogP contribution in [0.25, 0.3) is 0 Å². The summed E-state index contributed by atoms with van der Waals surface area (Å²) in [6, 6.07) is -0.888. The molecule has 0 aromatic carbocycles. The van der Waals surface area contributed by atoms with E-state index in [9.17, 15) is 19.4 Å². The van der Waals surface area contributed by atoms with Gasteiger partial charge >= 0.3 is 7.82 Å². The number of allylic oxidation sites excluding steroid dienone is 13. The Morgan fingerprint density at radius 2 is 1.20 bits per heavy atom. The molecule has 50 heavy (non-hydrogen) atoms. The summed E-state index contributed by atoms with van der Waals surface area (Å²) >= 11 is 0. The molecule has 3 unspecified atom stereocenters. The van der Waals surface area contributed by atoms with Crippen LogP contribution < -0.4 is 5.32 Å². The van der Waals surface area contributed by atoms with Gasteiger partial charge in [-0.1, -0.05) is 137 Å². The van der Waals surface area contributed by atoms with Gasteiger partial charge in [-0.05, 0) is 57.8 Å². The smallest absolute Gasteiger partial charge is 0.387 e. The van der Waals surface area contributed by atoms with E-state index in [0.29, 0.717) is 17.4 Å². The van der Waals surface area contributed by atoms with Crippen LogP contribution in [0.3, 0.4) is 0 Å². The number of hydrogen-bond acceptors (Lipinski definition) is 5. The average Bonchev–Trinajstić information content (AvgIpc) is 3.06. The highest BCUT2D eigenvalue weighted by atomic mass is 31.2. The molecule has 1 amide bonds. The van der Waals surface area contributed by atoms with Gasteiger partial charge in [0.2, 0.25) is 5.91 Å². The molecule has 0 aliphatic rings. The number of nitrogens with one attached hydrogen (secondary N) is 1. The number of likely N-dealkylation sites (N-methyl/N-ethyl adjacent to an activating group) is 1. The fraction of sp³-hybridized carbons (Fsp3) is 0.634. The van der Waals surface area contributed by atoms with E-state index < -0.39 is 20.0 Å². The summed E-state index contributed by atoms with van der Waals surface area (Å²) in [6.07, 6.45) is 43.8. The number of carbonyl (C=O) groups excluding carboxylic acids is 1. The standard InChI is InChI=1S/C41H71N2O6P/c1-6-8-10-12-14-16-17-18-19-20-21-22-23-24-25-27-29-31-33-35-41(45)42-39(38-49-50(46,47)48-37-36-43(3,4)5)40(44)34-32-30-28-26-15-13-11-9-7-2/h8,10,14,16,18-19,21-22,24-25,29,31-32,34,39-40,44H,6-7,9,11-13,15,17,20,23,26-28,30,33,35-38H2,1-5H3,(H-,42,45,46,47)/p+1/b10-8-,16-14-,19-18-,22-21-,25-24-,31-29-,34-32+. The Kier molecular flexibility index (Phi) is 31.1. The molecule has 0 aliphatic carbocycles. The summed E-state index contributed by atoms with van der Waals surface area (Å²) < 4.78 is 23.3. The summed E-state index contributed by atoms with van der Waals surface area (Å²) in [4.78, 5) is 22.9. The van der Waals surface area contributed by atoms with Gasteiger partial charge in [0, 0.05) is 6.42 Å². The second-order valence-corrected chi connectivity index (χ2v) is 15.0. The van der Waals surface area contributed by atoms with Crippen molar-refractivity contribution in [2.24, 2.45) is 0 Å². The van der Waals surface area contributed by atoms with Crippen molar-refractivity contribution >= 4 is 13.7 Å². The summed E-state index contributed by atoms with van der Waals surface area (Å²) in [5.74, 6) is -0.267. The first-order valence-electron chi connectivity index (χ1n) is 19.0. The van der Waals surface area contributed by atoms with Gasteiger partial charge in [-0.25, -0.2) is 4.57 Å². The number of hydrogen-bond donors (Lipinski definition) is 3. The van der Waals surface area contributed by atoms with Crippen molar-refractivity contribution in [3.63, 3.8) is 0 Å². The van der Waals surface area contributed by atoms with Crippen molar-refractivity contribution in [3.8, 4) is 0 Å². The maximum atomic E-state index is 12.7. The molecule has 0 rings (SSSR count). The van der Waals surface area contributed by atoms with Crippen molar-refractivity contribution in [1.82, 2.24) is 5.32 Å². The summed E-state index contributed by atoms with van der Waals surface area (Å²) in [5, 5.41) is 13.6. The monoisotopic (exact) mass is 720 g/mol. The molecule has 0 radical (unpaired) electrons. The van der Waals surface area contributed by atoms with Gasteiger partial charge in [-0.2, -0.15) is 0 Å². The topological polar surface area (TPSA) is 105 Å². The Labute approximate surface area is 306 Å². The lowest BCUT2D eigenvalue weighted by atomic mass is 10.1. The normalized spacial score (nSPS) is 15.6. The third kappa shape index (κ3) is 34.1. The molecule has 0 aliphatic heterocycles. The number of rotatable bonds is 32. The Hall–Kier alpha value is -2.32. The molecule has 9 heteroatoms. The highest BCUT2D eigenvalue weighted by molar-refractivity contribution is 7.47. The number of unbranched alkanes of at least 4 members (excludes halogenated alkanes) is 7. The second-order valence-electron chi connectivity index (χ2n) is 13.6. The molecule has 3 atom stereocenters. The second kappa shape index (κ2) is 32.6. The lowest BCUT2D eigenvalue weighted by Crippen LogP contribution is -2.45. The first kappa shape index (κ1) is 47.7. The largest absolute Gasteiger partial charge is 0.472 e. The molecule has 3 N–H and O–H groups in total.